The molecule has 1 amide bonds. The molecule has 1 aromatic rings. The Hall–Kier alpha value is -2.25. The first-order valence-electron chi connectivity index (χ1n) is 5.88. The van der Waals surface area contributed by atoms with Gasteiger partial charge in [0, 0.05) is 18.7 Å². The number of likely N-dealkylation sites (tertiary alicyclic amines) is 1. The zero-order valence-corrected chi connectivity index (χ0v) is 10.3. The maximum absolute atomic E-state index is 13.6. The number of hydrogen-bond acceptors (Lipinski definition) is 3. The van der Waals surface area contributed by atoms with Crippen molar-refractivity contribution in [2.75, 3.05) is 6.54 Å². The van der Waals surface area contributed by atoms with Gasteiger partial charge < -0.3 is 15.8 Å². The zero-order valence-electron chi connectivity index (χ0n) is 10.3. The van der Waals surface area contributed by atoms with Crippen molar-refractivity contribution in [1.82, 2.24) is 4.90 Å². The van der Waals surface area contributed by atoms with Gasteiger partial charge in [-0.1, -0.05) is 5.16 Å². The van der Waals surface area contributed by atoms with Crippen molar-refractivity contribution in [1.29, 1.82) is 0 Å². The van der Waals surface area contributed by atoms with Crippen LogP contribution < -0.4 is 5.73 Å². The Balaban J connectivity index is 2.37. The lowest BCUT2D eigenvalue weighted by Gasteiger charge is -2.24. The van der Waals surface area contributed by atoms with E-state index in [1.54, 1.807) is 0 Å². The SMILES string of the molecule is NC(=NO)C1CCCN1C(=O)c1c(F)cc(F)cc1F. The van der Waals surface area contributed by atoms with Gasteiger partial charge in [0.05, 0.1) is 6.04 Å². The number of halogens is 3. The lowest BCUT2D eigenvalue weighted by molar-refractivity contribution is 0.0758. The molecule has 0 radical (unpaired) electrons. The van der Waals surface area contributed by atoms with Gasteiger partial charge in [-0.3, -0.25) is 4.79 Å². The fourth-order valence-electron chi connectivity index (χ4n) is 2.27. The monoisotopic (exact) mass is 287 g/mol. The fraction of sp³-hybridized carbons (Fsp3) is 0.333. The number of amides is 1. The van der Waals surface area contributed by atoms with Crippen LogP contribution in [0.15, 0.2) is 17.3 Å². The highest BCUT2D eigenvalue weighted by molar-refractivity contribution is 5.99. The van der Waals surface area contributed by atoms with Crippen LogP contribution in [0.5, 0.6) is 0 Å². The van der Waals surface area contributed by atoms with E-state index < -0.39 is 35.0 Å². The minimum atomic E-state index is -1.28. The Morgan fingerprint density at radius 3 is 2.50 bits per heavy atom. The molecule has 0 spiro atoms. The van der Waals surface area contributed by atoms with Gasteiger partial charge in [0.15, 0.2) is 5.84 Å². The second kappa shape index (κ2) is 5.40. The number of nitrogens with two attached hydrogens (primary N) is 1. The van der Waals surface area contributed by atoms with Crippen molar-refractivity contribution >= 4 is 11.7 Å². The third-order valence-electron chi connectivity index (χ3n) is 3.19. The van der Waals surface area contributed by atoms with Crippen LogP contribution in [-0.2, 0) is 0 Å². The summed E-state index contributed by atoms with van der Waals surface area (Å²) in [6, 6.07) is 0.145. The van der Waals surface area contributed by atoms with Gasteiger partial charge >= 0.3 is 0 Å². The van der Waals surface area contributed by atoms with Crippen molar-refractivity contribution in [3.8, 4) is 0 Å². The quantitative estimate of drug-likeness (QED) is 0.374. The van der Waals surface area contributed by atoms with E-state index in [1.807, 2.05) is 0 Å². The number of oxime groups is 1. The molecule has 108 valence electrons. The summed E-state index contributed by atoms with van der Waals surface area (Å²) in [5, 5.41) is 11.4. The summed E-state index contributed by atoms with van der Waals surface area (Å²) in [5.41, 5.74) is 4.60. The van der Waals surface area contributed by atoms with E-state index in [1.165, 1.54) is 0 Å². The average molecular weight is 287 g/mol. The van der Waals surface area contributed by atoms with Crippen LogP contribution in [0.25, 0.3) is 0 Å². The Kier molecular flexibility index (Phi) is 3.82. The van der Waals surface area contributed by atoms with Crippen LogP contribution in [0.1, 0.15) is 23.2 Å². The highest BCUT2D eigenvalue weighted by Gasteiger charge is 2.35. The number of benzene rings is 1. The number of nitrogens with zero attached hydrogens (tertiary/aromatic N) is 2. The van der Waals surface area contributed by atoms with E-state index in [4.69, 9.17) is 10.9 Å². The molecule has 0 saturated carbocycles. The smallest absolute Gasteiger partial charge is 0.260 e. The number of carbonyl (C=O) groups excluding carboxylic acids is 1. The highest BCUT2D eigenvalue weighted by atomic mass is 19.1. The molecule has 0 bridgehead atoms. The second-order valence-corrected chi connectivity index (χ2v) is 4.43. The molecule has 8 heteroatoms. The van der Waals surface area contributed by atoms with Gasteiger partial charge in [-0.25, -0.2) is 13.2 Å². The van der Waals surface area contributed by atoms with Crippen molar-refractivity contribution in [3.63, 3.8) is 0 Å². The molecule has 1 aliphatic heterocycles. The number of hydrogen-bond donors (Lipinski definition) is 2. The maximum atomic E-state index is 13.6. The minimum Gasteiger partial charge on any atom is -0.409 e. The molecule has 1 atom stereocenters. The number of carbonyl (C=O) groups is 1. The van der Waals surface area contributed by atoms with Crippen LogP contribution in [0, 0.1) is 17.5 Å². The molecule has 3 N–H and O–H groups in total. The van der Waals surface area contributed by atoms with E-state index in [2.05, 4.69) is 5.16 Å². The maximum Gasteiger partial charge on any atom is 0.260 e. The molecule has 20 heavy (non-hydrogen) atoms. The molecule has 1 unspecified atom stereocenters. The first kappa shape index (κ1) is 14.2. The summed E-state index contributed by atoms with van der Waals surface area (Å²) in [7, 11) is 0. The molecule has 1 aliphatic rings. The lowest BCUT2D eigenvalue weighted by Crippen LogP contribution is -2.44. The molecule has 0 aromatic heterocycles. The van der Waals surface area contributed by atoms with Gasteiger partial charge in [-0.15, -0.1) is 0 Å². The first-order valence-corrected chi connectivity index (χ1v) is 5.88. The normalized spacial score (nSPS) is 19.4. The topological polar surface area (TPSA) is 78.9 Å². The highest BCUT2D eigenvalue weighted by Crippen LogP contribution is 2.23. The average Bonchev–Trinajstić information content (AvgIpc) is 2.85. The van der Waals surface area contributed by atoms with Gasteiger partial charge in [0.25, 0.3) is 5.91 Å². The molecule has 1 fully saturated rings. The predicted molar refractivity (Wildman–Crippen MR) is 63.8 cm³/mol. The van der Waals surface area contributed by atoms with Crippen LogP contribution in [0.3, 0.4) is 0 Å². The van der Waals surface area contributed by atoms with Gasteiger partial charge in [0.1, 0.15) is 23.0 Å². The van der Waals surface area contributed by atoms with E-state index in [0.717, 1.165) is 4.90 Å². The van der Waals surface area contributed by atoms with Crippen LogP contribution >= 0.6 is 0 Å². The second-order valence-electron chi connectivity index (χ2n) is 4.43. The number of rotatable bonds is 2. The van der Waals surface area contributed by atoms with Crippen molar-refractivity contribution in [2.45, 2.75) is 18.9 Å². The molecule has 5 nitrogen and oxygen atoms in total. The summed E-state index contributed by atoms with van der Waals surface area (Å²) in [6.07, 6.45) is 0.975. The summed E-state index contributed by atoms with van der Waals surface area (Å²) >= 11 is 0. The van der Waals surface area contributed by atoms with Gasteiger partial charge in [-0.2, -0.15) is 0 Å². The molecule has 1 aromatic carbocycles. The number of amidine groups is 1. The summed E-state index contributed by atoms with van der Waals surface area (Å²) < 4.78 is 40.0. The molecule has 0 aliphatic carbocycles. The first-order chi connectivity index (χ1) is 9.45. The fourth-order valence-corrected chi connectivity index (χ4v) is 2.27. The van der Waals surface area contributed by atoms with Crippen molar-refractivity contribution in [3.05, 3.63) is 35.1 Å². The zero-order chi connectivity index (χ0) is 14.9. The van der Waals surface area contributed by atoms with E-state index in [9.17, 15) is 18.0 Å². The predicted octanol–water partition coefficient (Wildman–Crippen LogP) is 1.45. The van der Waals surface area contributed by atoms with Gasteiger partial charge in [0.2, 0.25) is 0 Å². The van der Waals surface area contributed by atoms with Crippen LogP contribution in [0.2, 0.25) is 0 Å². The molecular weight excluding hydrogens is 275 g/mol. The standard InChI is InChI=1S/C12H12F3N3O2/c13-6-4-7(14)10(8(15)5-6)12(19)18-3-1-2-9(18)11(16)17-20/h4-5,9,20H,1-3H2,(H2,16,17). The lowest BCUT2D eigenvalue weighted by atomic mass is 10.1. The summed E-state index contributed by atoms with van der Waals surface area (Å²) in [4.78, 5) is 13.3. The molecule has 2 rings (SSSR count). The Morgan fingerprint density at radius 2 is 1.95 bits per heavy atom. The van der Waals surface area contributed by atoms with Crippen LogP contribution in [-0.4, -0.2) is 34.4 Å². The van der Waals surface area contributed by atoms with Crippen LogP contribution in [0.4, 0.5) is 13.2 Å². The van der Waals surface area contributed by atoms with E-state index in [0.29, 0.717) is 25.0 Å². The van der Waals surface area contributed by atoms with E-state index in [-0.39, 0.29) is 12.4 Å². The molecule has 1 heterocycles. The Labute approximate surface area is 112 Å². The Bertz CT molecular complexity index is 554. The largest absolute Gasteiger partial charge is 0.409 e. The summed E-state index contributed by atoms with van der Waals surface area (Å²) in [5.74, 6) is -4.82. The summed E-state index contributed by atoms with van der Waals surface area (Å²) in [6.45, 7) is 0.218. The van der Waals surface area contributed by atoms with Gasteiger partial charge in [-0.05, 0) is 12.8 Å². The molecule has 1 saturated heterocycles. The third-order valence-corrected chi connectivity index (χ3v) is 3.19. The van der Waals surface area contributed by atoms with E-state index >= 15 is 0 Å². The molecular formula is C12H12F3N3O2. The van der Waals surface area contributed by atoms with Crippen molar-refractivity contribution < 1.29 is 23.2 Å². The van der Waals surface area contributed by atoms with Crippen molar-refractivity contribution in [2.24, 2.45) is 10.9 Å². The third kappa shape index (κ3) is 2.40. The Morgan fingerprint density at radius 1 is 1.35 bits per heavy atom. The minimum absolute atomic E-state index is 0.209.